The SMILES string of the molecule is O=C(CCCc1cccs1)Nc1cccc(C(=O)NC2CCN(C3CC3)CC2)c1. The summed E-state index contributed by atoms with van der Waals surface area (Å²) in [4.78, 5) is 28.7. The molecule has 2 amide bonds. The normalized spacial score (nSPS) is 17.8. The molecule has 1 saturated heterocycles. The van der Waals surface area contributed by atoms with Gasteiger partial charge in [-0.1, -0.05) is 12.1 Å². The number of carbonyl (C=O) groups excluding carboxylic acids is 2. The van der Waals surface area contributed by atoms with Gasteiger partial charge in [0, 0.05) is 47.7 Å². The van der Waals surface area contributed by atoms with Gasteiger partial charge in [-0.05, 0) is 68.2 Å². The number of hydrogen-bond acceptors (Lipinski definition) is 4. The molecule has 1 aromatic carbocycles. The summed E-state index contributed by atoms with van der Waals surface area (Å²) in [5.41, 5.74) is 1.29. The molecular formula is C23H29N3O2S. The summed E-state index contributed by atoms with van der Waals surface area (Å²) in [6, 6.07) is 12.4. The zero-order chi connectivity index (χ0) is 20.1. The van der Waals surface area contributed by atoms with Crippen LogP contribution in [0.15, 0.2) is 41.8 Å². The standard InChI is InChI=1S/C23H29N3O2S/c27-22(8-2-6-21-7-3-15-29-21)24-19-5-1-4-17(16-19)23(28)25-18-11-13-26(14-12-18)20-9-10-20/h1,3-5,7,15-16,18,20H,2,6,8-14H2,(H,24,27)(H,25,28). The monoisotopic (exact) mass is 411 g/mol. The number of amides is 2. The maximum absolute atomic E-state index is 12.6. The minimum Gasteiger partial charge on any atom is -0.349 e. The predicted molar refractivity (Wildman–Crippen MR) is 117 cm³/mol. The summed E-state index contributed by atoms with van der Waals surface area (Å²) in [6.45, 7) is 2.16. The second-order valence-electron chi connectivity index (χ2n) is 8.08. The molecular weight excluding hydrogens is 382 g/mol. The van der Waals surface area contributed by atoms with Crippen LogP contribution in [0, 0.1) is 0 Å². The Morgan fingerprint density at radius 2 is 1.90 bits per heavy atom. The van der Waals surface area contributed by atoms with Crippen LogP contribution in [-0.4, -0.2) is 41.9 Å². The first-order valence-electron chi connectivity index (χ1n) is 10.6. The third-order valence-corrected chi connectivity index (χ3v) is 6.68. The smallest absolute Gasteiger partial charge is 0.251 e. The Morgan fingerprint density at radius 3 is 2.62 bits per heavy atom. The molecule has 154 valence electrons. The fourth-order valence-corrected chi connectivity index (χ4v) is 4.71. The van der Waals surface area contributed by atoms with Gasteiger partial charge in [-0.15, -0.1) is 11.3 Å². The largest absolute Gasteiger partial charge is 0.349 e. The molecule has 1 aliphatic carbocycles. The van der Waals surface area contributed by atoms with Crippen LogP contribution in [-0.2, 0) is 11.2 Å². The average molecular weight is 412 g/mol. The fraction of sp³-hybridized carbons (Fsp3) is 0.478. The van der Waals surface area contributed by atoms with Crippen molar-refractivity contribution in [3.8, 4) is 0 Å². The fourth-order valence-electron chi connectivity index (χ4n) is 3.96. The third kappa shape index (κ3) is 5.90. The van der Waals surface area contributed by atoms with Gasteiger partial charge >= 0.3 is 0 Å². The van der Waals surface area contributed by atoms with Crippen LogP contribution >= 0.6 is 11.3 Å². The highest BCUT2D eigenvalue weighted by Crippen LogP contribution is 2.29. The summed E-state index contributed by atoms with van der Waals surface area (Å²) in [7, 11) is 0. The summed E-state index contributed by atoms with van der Waals surface area (Å²) in [5, 5.41) is 8.15. The minimum atomic E-state index is -0.0522. The highest BCUT2D eigenvalue weighted by atomic mass is 32.1. The molecule has 2 heterocycles. The van der Waals surface area contributed by atoms with E-state index in [0.717, 1.165) is 44.8 Å². The van der Waals surface area contributed by atoms with E-state index in [4.69, 9.17) is 0 Å². The number of nitrogens with one attached hydrogen (secondary N) is 2. The number of anilines is 1. The Morgan fingerprint density at radius 1 is 1.07 bits per heavy atom. The van der Waals surface area contributed by atoms with Gasteiger partial charge in [0.05, 0.1) is 0 Å². The zero-order valence-corrected chi connectivity index (χ0v) is 17.5. The topological polar surface area (TPSA) is 61.4 Å². The first kappa shape index (κ1) is 20.1. The third-order valence-electron chi connectivity index (χ3n) is 5.74. The molecule has 1 saturated carbocycles. The number of nitrogens with zero attached hydrogens (tertiary/aromatic N) is 1. The number of carbonyl (C=O) groups is 2. The van der Waals surface area contributed by atoms with Gasteiger partial charge in [0.25, 0.3) is 5.91 Å². The lowest BCUT2D eigenvalue weighted by molar-refractivity contribution is -0.116. The van der Waals surface area contributed by atoms with Crippen molar-refractivity contribution in [2.75, 3.05) is 18.4 Å². The van der Waals surface area contributed by atoms with E-state index in [0.29, 0.717) is 17.7 Å². The van der Waals surface area contributed by atoms with E-state index in [-0.39, 0.29) is 17.9 Å². The first-order valence-corrected chi connectivity index (χ1v) is 11.5. The molecule has 5 nitrogen and oxygen atoms in total. The van der Waals surface area contributed by atoms with E-state index in [2.05, 4.69) is 27.0 Å². The van der Waals surface area contributed by atoms with Crippen LogP contribution < -0.4 is 10.6 Å². The second-order valence-corrected chi connectivity index (χ2v) is 9.11. The van der Waals surface area contributed by atoms with Crippen molar-refractivity contribution < 1.29 is 9.59 Å². The van der Waals surface area contributed by atoms with Crippen molar-refractivity contribution in [3.05, 3.63) is 52.2 Å². The molecule has 2 fully saturated rings. The van der Waals surface area contributed by atoms with Crippen molar-refractivity contribution in [3.63, 3.8) is 0 Å². The molecule has 0 atom stereocenters. The van der Waals surface area contributed by atoms with Gasteiger partial charge in [-0.2, -0.15) is 0 Å². The van der Waals surface area contributed by atoms with Crippen LogP contribution in [0.25, 0.3) is 0 Å². The molecule has 2 aliphatic rings. The zero-order valence-electron chi connectivity index (χ0n) is 16.7. The number of piperidine rings is 1. The van der Waals surface area contributed by atoms with Crippen molar-refractivity contribution in [2.24, 2.45) is 0 Å². The number of rotatable bonds is 8. The number of benzene rings is 1. The van der Waals surface area contributed by atoms with Crippen LogP contribution in [0.5, 0.6) is 0 Å². The molecule has 0 radical (unpaired) electrons. The Labute approximate surface area is 176 Å². The molecule has 0 unspecified atom stereocenters. The van der Waals surface area contributed by atoms with Crippen LogP contribution in [0.2, 0.25) is 0 Å². The molecule has 6 heteroatoms. The van der Waals surface area contributed by atoms with Crippen molar-refractivity contribution >= 4 is 28.8 Å². The molecule has 1 aliphatic heterocycles. The second kappa shape index (κ2) is 9.55. The summed E-state index contributed by atoms with van der Waals surface area (Å²) in [5.74, 6) is -0.0600. The van der Waals surface area contributed by atoms with Crippen LogP contribution in [0.4, 0.5) is 5.69 Å². The lowest BCUT2D eigenvalue weighted by Gasteiger charge is -2.32. The summed E-state index contributed by atoms with van der Waals surface area (Å²) in [6.07, 6.45) is 6.94. The van der Waals surface area contributed by atoms with E-state index in [1.807, 2.05) is 18.2 Å². The maximum atomic E-state index is 12.6. The van der Waals surface area contributed by atoms with Gasteiger partial charge in [0.2, 0.25) is 5.91 Å². The van der Waals surface area contributed by atoms with E-state index < -0.39 is 0 Å². The van der Waals surface area contributed by atoms with Gasteiger partial charge in [-0.25, -0.2) is 0 Å². The molecule has 1 aromatic heterocycles. The molecule has 2 N–H and O–H groups in total. The van der Waals surface area contributed by atoms with Gasteiger partial charge in [0.15, 0.2) is 0 Å². The molecule has 29 heavy (non-hydrogen) atoms. The highest BCUT2D eigenvalue weighted by molar-refractivity contribution is 7.09. The van der Waals surface area contributed by atoms with E-state index >= 15 is 0 Å². The lowest BCUT2D eigenvalue weighted by atomic mass is 10.0. The van der Waals surface area contributed by atoms with E-state index in [9.17, 15) is 9.59 Å². The Bertz CT molecular complexity index is 824. The highest BCUT2D eigenvalue weighted by Gasteiger charge is 2.32. The lowest BCUT2D eigenvalue weighted by Crippen LogP contribution is -2.45. The van der Waals surface area contributed by atoms with E-state index in [1.165, 1.54) is 17.7 Å². The van der Waals surface area contributed by atoms with Crippen molar-refractivity contribution in [2.45, 2.75) is 57.0 Å². The van der Waals surface area contributed by atoms with Crippen molar-refractivity contribution in [1.82, 2.24) is 10.2 Å². The molecule has 2 aromatic rings. The predicted octanol–water partition coefficient (Wildman–Crippen LogP) is 4.07. The Balaban J connectivity index is 1.23. The van der Waals surface area contributed by atoms with Crippen molar-refractivity contribution in [1.29, 1.82) is 0 Å². The number of thiophene rings is 1. The number of likely N-dealkylation sites (tertiary alicyclic amines) is 1. The van der Waals surface area contributed by atoms with Crippen LogP contribution in [0.1, 0.15) is 53.8 Å². The molecule has 0 spiro atoms. The Kier molecular flexibility index (Phi) is 6.62. The maximum Gasteiger partial charge on any atom is 0.251 e. The summed E-state index contributed by atoms with van der Waals surface area (Å²) < 4.78 is 0. The van der Waals surface area contributed by atoms with Gasteiger partial charge in [0.1, 0.15) is 0 Å². The number of hydrogen-bond donors (Lipinski definition) is 2. The Hall–Kier alpha value is -2.18. The number of aryl methyl sites for hydroxylation is 1. The van der Waals surface area contributed by atoms with Gasteiger partial charge < -0.3 is 15.5 Å². The van der Waals surface area contributed by atoms with E-state index in [1.54, 1.807) is 23.5 Å². The van der Waals surface area contributed by atoms with Gasteiger partial charge in [-0.3, -0.25) is 9.59 Å². The van der Waals surface area contributed by atoms with Crippen LogP contribution in [0.3, 0.4) is 0 Å². The minimum absolute atomic E-state index is 0.00781. The average Bonchev–Trinajstić information content (AvgIpc) is 3.45. The quantitative estimate of drug-likeness (QED) is 0.688. The first-order chi connectivity index (χ1) is 14.2. The molecule has 0 bridgehead atoms. The molecule has 4 rings (SSSR count). The summed E-state index contributed by atoms with van der Waals surface area (Å²) >= 11 is 1.72.